The van der Waals surface area contributed by atoms with Crippen molar-refractivity contribution < 1.29 is 15.3 Å². The Bertz CT molecular complexity index is 316. The van der Waals surface area contributed by atoms with Gasteiger partial charge in [0.05, 0.1) is 0 Å². The Morgan fingerprint density at radius 3 is 2.42 bits per heavy atom. The van der Waals surface area contributed by atoms with Gasteiger partial charge in [-0.05, 0) is 13.0 Å². The highest BCUT2D eigenvalue weighted by Crippen LogP contribution is 2.33. The molecule has 0 aromatic heterocycles. The summed E-state index contributed by atoms with van der Waals surface area (Å²) in [7, 11) is 0. The third-order valence-corrected chi connectivity index (χ3v) is 1.45. The van der Waals surface area contributed by atoms with Crippen LogP contribution in [-0.2, 0) is 0 Å². The molecule has 0 heterocycles. The van der Waals surface area contributed by atoms with Gasteiger partial charge in [-0.2, -0.15) is 0 Å². The van der Waals surface area contributed by atoms with Crippen LogP contribution >= 0.6 is 0 Å². The average molecular weight is 166 g/mol. The van der Waals surface area contributed by atoms with Gasteiger partial charge in [-0.1, -0.05) is 12.2 Å². The van der Waals surface area contributed by atoms with Gasteiger partial charge < -0.3 is 15.3 Å². The molecule has 0 saturated carbocycles. The molecule has 0 saturated heterocycles. The fourth-order valence-corrected chi connectivity index (χ4v) is 0.932. The average Bonchev–Trinajstić information content (AvgIpc) is 2.00. The summed E-state index contributed by atoms with van der Waals surface area (Å²) in [4.78, 5) is 0. The van der Waals surface area contributed by atoms with Crippen LogP contribution in [0.3, 0.4) is 0 Å². The predicted molar refractivity (Wildman–Crippen MR) is 46.1 cm³/mol. The minimum absolute atomic E-state index is 0.0709. The maximum absolute atomic E-state index is 9.24. The second kappa shape index (κ2) is 3.17. The smallest absolute Gasteiger partial charge is 0.165 e. The molecule has 3 heteroatoms. The molecule has 1 aromatic rings. The second-order valence-corrected chi connectivity index (χ2v) is 2.40. The lowest BCUT2D eigenvalue weighted by atomic mass is 10.1. The van der Waals surface area contributed by atoms with Gasteiger partial charge in [-0.15, -0.1) is 0 Å². The molecule has 0 fully saturated rings. The molecule has 12 heavy (non-hydrogen) atoms. The van der Waals surface area contributed by atoms with Crippen molar-refractivity contribution in [2.75, 3.05) is 0 Å². The van der Waals surface area contributed by atoms with Crippen LogP contribution in [0.1, 0.15) is 12.5 Å². The SMILES string of the molecule is C/C=C/c1cc(O)cc(O)c1O. The fourth-order valence-electron chi connectivity index (χ4n) is 0.932. The Balaban J connectivity index is 3.27. The lowest BCUT2D eigenvalue weighted by molar-refractivity contribution is 0.395. The summed E-state index contributed by atoms with van der Waals surface area (Å²) < 4.78 is 0. The summed E-state index contributed by atoms with van der Waals surface area (Å²) in [5.41, 5.74) is 0.398. The Morgan fingerprint density at radius 1 is 1.17 bits per heavy atom. The molecule has 0 aliphatic rings. The molecule has 0 spiro atoms. The van der Waals surface area contributed by atoms with Crippen molar-refractivity contribution in [2.45, 2.75) is 6.92 Å². The molecule has 1 aromatic carbocycles. The number of hydrogen-bond acceptors (Lipinski definition) is 3. The zero-order valence-corrected chi connectivity index (χ0v) is 6.65. The molecule has 0 aliphatic heterocycles. The summed E-state index contributed by atoms with van der Waals surface area (Å²) in [6.07, 6.45) is 3.29. The standard InChI is InChI=1S/C9H10O3/c1-2-3-6-4-7(10)5-8(11)9(6)12/h2-5,10-12H,1H3/b3-2+. The lowest BCUT2D eigenvalue weighted by Gasteiger charge is -2.02. The van der Waals surface area contributed by atoms with Crippen molar-refractivity contribution in [3.05, 3.63) is 23.8 Å². The first-order chi connectivity index (χ1) is 5.65. The molecule has 0 bridgehead atoms. The van der Waals surface area contributed by atoms with E-state index < -0.39 is 0 Å². The molecule has 0 radical (unpaired) electrons. The molecule has 64 valence electrons. The minimum Gasteiger partial charge on any atom is -0.508 e. The van der Waals surface area contributed by atoms with E-state index in [0.717, 1.165) is 6.07 Å². The number of phenols is 3. The van der Waals surface area contributed by atoms with Crippen LogP contribution in [0.15, 0.2) is 18.2 Å². The summed E-state index contributed by atoms with van der Waals surface area (Å²) in [5.74, 6) is -0.604. The van der Waals surface area contributed by atoms with Crippen molar-refractivity contribution in [3.63, 3.8) is 0 Å². The van der Waals surface area contributed by atoms with Crippen LogP contribution in [0.4, 0.5) is 0 Å². The van der Waals surface area contributed by atoms with Gasteiger partial charge in [0, 0.05) is 11.6 Å². The van der Waals surface area contributed by atoms with Gasteiger partial charge >= 0.3 is 0 Å². The normalized spacial score (nSPS) is 10.8. The number of rotatable bonds is 1. The topological polar surface area (TPSA) is 60.7 Å². The largest absolute Gasteiger partial charge is 0.508 e. The van der Waals surface area contributed by atoms with E-state index in [9.17, 15) is 5.11 Å². The van der Waals surface area contributed by atoms with Gasteiger partial charge in [0.1, 0.15) is 5.75 Å². The van der Waals surface area contributed by atoms with Gasteiger partial charge in [-0.25, -0.2) is 0 Å². The molecule has 0 atom stereocenters. The molecule has 1 rings (SSSR count). The highest BCUT2D eigenvalue weighted by atomic mass is 16.3. The van der Waals surface area contributed by atoms with Crippen molar-refractivity contribution in [2.24, 2.45) is 0 Å². The van der Waals surface area contributed by atoms with Crippen molar-refractivity contribution in [3.8, 4) is 17.2 Å². The van der Waals surface area contributed by atoms with Gasteiger partial charge in [-0.3, -0.25) is 0 Å². The van der Waals surface area contributed by atoms with E-state index in [2.05, 4.69) is 0 Å². The van der Waals surface area contributed by atoms with E-state index in [1.165, 1.54) is 6.07 Å². The van der Waals surface area contributed by atoms with Crippen LogP contribution < -0.4 is 0 Å². The number of phenolic OH excluding ortho intramolecular Hbond substituents is 3. The van der Waals surface area contributed by atoms with E-state index in [1.54, 1.807) is 19.1 Å². The van der Waals surface area contributed by atoms with E-state index in [4.69, 9.17) is 10.2 Å². The van der Waals surface area contributed by atoms with Crippen LogP contribution in [0.25, 0.3) is 6.08 Å². The zero-order chi connectivity index (χ0) is 9.14. The molecule has 0 aliphatic carbocycles. The van der Waals surface area contributed by atoms with Crippen molar-refractivity contribution in [1.82, 2.24) is 0 Å². The molecule has 3 nitrogen and oxygen atoms in total. The maximum atomic E-state index is 9.24. The molecule has 0 amide bonds. The maximum Gasteiger partial charge on any atom is 0.165 e. The fraction of sp³-hybridized carbons (Fsp3) is 0.111. The van der Waals surface area contributed by atoms with Crippen molar-refractivity contribution in [1.29, 1.82) is 0 Å². The van der Waals surface area contributed by atoms with E-state index >= 15 is 0 Å². The first-order valence-electron chi connectivity index (χ1n) is 3.52. The predicted octanol–water partition coefficient (Wildman–Crippen LogP) is 1.84. The zero-order valence-electron chi connectivity index (χ0n) is 6.65. The van der Waals surface area contributed by atoms with E-state index in [-0.39, 0.29) is 17.2 Å². The first-order valence-corrected chi connectivity index (χ1v) is 3.52. The monoisotopic (exact) mass is 166 g/mol. The second-order valence-electron chi connectivity index (χ2n) is 2.40. The number of aromatic hydroxyl groups is 3. The molecule has 0 unspecified atom stereocenters. The Labute approximate surface area is 70.2 Å². The summed E-state index contributed by atoms with van der Waals surface area (Å²) in [6.45, 7) is 1.78. The molecule has 3 N–H and O–H groups in total. The molecular formula is C9H10O3. The lowest BCUT2D eigenvalue weighted by Crippen LogP contribution is -1.76. The van der Waals surface area contributed by atoms with Gasteiger partial charge in [0.2, 0.25) is 0 Å². The van der Waals surface area contributed by atoms with Crippen LogP contribution in [-0.4, -0.2) is 15.3 Å². The summed E-state index contributed by atoms with van der Waals surface area (Å²) >= 11 is 0. The summed E-state index contributed by atoms with van der Waals surface area (Å²) in [6, 6.07) is 2.46. The summed E-state index contributed by atoms with van der Waals surface area (Å²) in [5, 5.41) is 27.3. The van der Waals surface area contributed by atoms with Crippen LogP contribution in [0.5, 0.6) is 17.2 Å². The van der Waals surface area contributed by atoms with Crippen LogP contribution in [0.2, 0.25) is 0 Å². The number of allylic oxidation sites excluding steroid dienone is 1. The first kappa shape index (κ1) is 8.46. The highest BCUT2D eigenvalue weighted by Gasteiger charge is 2.05. The van der Waals surface area contributed by atoms with E-state index in [0.29, 0.717) is 5.56 Å². The Kier molecular flexibility index (Phi) is 2.24. The van der Waals surface area contributed by atoms with Crippen molar-refractivity contribution >= 4 is 6.08 Å². The Morgan fingerprint density at radius 2 is 1.83 bits per heavy atom. The number of hydrogen-bond donors (Lipinski definition) is 3. The third-order valence-electron chi connectivity index (χ3n) is 1.45. The number of benzene rings is 1. The molecular weight excluding hydrogens is 156 g/mol. The Hall–Kier alpha value is -1.64. The highest BCUT2D eigenvalue weighted by molar-refractivity contribution is 5.63. The van der Waals surface area contributed by atoms with E-state index in [1.807, 2.05) is 0 Å². The van der Waals surface area contributed by atoms with Crippen LogP contribution in [0, 0.1) is 0 Å². The van der Waals surface area contributed by atoms with Gasteiger partial charge in [0.25, 0.3) is 0 Å². The quantitative estimate of drug-likeness (QED) is 0.440. The third kappa shape index (κ3) is 1.50. The minimum atomic E-state index is -0.317. The van der Waals surface area contributed by atoms with Gasteiger partial charge in [0.15, 0.2) is 11.5 Å².